The first-order valence-electron chi connectivity index (χ1n) is 6.75. The van der Waals surface area contributed by atoms with E-state index in [9.17, 15) is 9.90 Å². The number of amides is 1. The molecule has 5 heteroatoms. The molecule has 0 bridgehead atoms. The van der Waals surface area contributed by atoms with Crippen molar-refractivity contribution in [1.29, 1.82) is 0 Å². The maximum atomic E-state index is 12.3. The third kappa shape index (κ3) is 2.71. The molecule has 0 aromatic carbocycles. The molecule has 1 aliphatic carbocycles. The third-order valence-electron chi connectivity index (χ3n) is 4.18. The zero-order valence-corrected chi connectivity index (χ0v) is 11.2. The predicted octanol–water partition coefficient (Wildman–Crippen LogP) is 1.42. The summed E-state index contributed by atoms with van der Waals surface area (Å²) < 4.78 is 0. The van der Waals surface area contributed by atoms with Crippen LogP contribution in [0.5, 0.6) is 5.75 Å². The maximum absolute atomic E-state index is 12.3. The van der Waals surface area contributed by atoms with Crippen molar-refractivity contribution in [3.63, 3.8) is 0 Å². The van der Waals surface area contributed by atoms with Crippen LogP contribution in [0.2, 0.25) is 0 Å². The predicted molar refractivity (Wildman–Crippen MR) is 72.8 cm³/mol. The van der Waals surface area contributed by atoms with Crippen LogP contribution in [0.25, 0.3) is 0 Å². The number of aromatic hydroxyl groups is 1. The van der Waals surface area contributed by atoms with Gasteiger partial charge in [0.15, 0.2) is 5.69 Å². The van der Waals surface area contributed by atoms with Crippen molar-refractivity contribution in [2.24, 2.45) is 11.7 Å². The zero-order chi connectivity index (χ0) is 13.9. The number of nitrogens with two attached hydrogens (primary N) is 1. The number of aromatic nitrogens is 1. The number of rotatable bonds is 3. The summed E-state index contributed by atoms with van der Waals surface area (Å²) >= 11 is 0. The minimum atomic E-state index is -0.376. The maximum Gasteiger partial charge on any atom is 0.274 e. The van der Waals surface area contributed by atoms with Crippen molar-refractivity contribution in [3.8, 4) is 5.75 Å². The Morgan fingerprint density at radius 3 is 3.05 bits per heavy atom. The lowest BCUT2D eigenvalue weighted by atomic mass is 9.73. The second-order valence-corrected chi connectivity index (χ2v) is 5.33. The number of hydrogen-bond acceptors (Lipinski definition) is 4. The van der Waals surface area contributed by atoms with E-state index < -0.39 is 0 Å². The van der Waals surface area contributed by atoms with Crippen LogP contribution in [-0.2, 0) is 0 Å². The summed E-state index contributed by atoms with van der Waals surface area (Å²) in [5.41, 5.74) is 5.58. The number of hydrogen-bond donors (Lipinski definition) is 3. The average molecular weight is 263 g/mol. The second-order valence-electron chi connectivity index (χ2n) is 5.33. The normalized spacial score (nSPS) is 26.9. The molecule has 2 unspecified atom stereocenters. The first kappa shape index (κ1) is 13.8. The van der Waals surface area contributed by atoms with Gasteiger partial charge in [0.2, 0.25) is 0 Å². The highest BCUT2D eigenvalue weighted by atomic mass is 16.3. The summed E-state index contributed by atoms with van der Waals surface area (Å²) in [6.45, 7) is 2.53. The molecule has 1 fully saturated rings. The van der Waals surface area contributed by atoms with Gasteiger partial charge in [-0.3, -0.25) is 4.79 Å². The lowest BCUT2D eigenvalue weighted by Crippen LogP contribution is -2.59. The monoisotopic (exact) mass is 263 g/mol. The summed E-state index contributed by atoms with van der Waals surface area (Å²) in [5.74, 6) is -0.117. The van der Waals surface area contributed by atoms with Crippen molar-refractivity contribution in [2.45, 2.75) is 38.1 Å². The van der Waals surface area contributed by atoms with E-state index in [1.165, 1.54) is 18.7 Å². The molecule has 0 radical (unpaired) electrons. The summed E-state index contributed by atoms with van der Waals surface area (Å²) in [6, 6.07) is 3.05. The summed E-state index contributed by atoms with van der Waals surface area (Å²) in [7, 11) is 0. The van der Waals surface area contributed by atoms with E-state index >= 15 is 0 Å². The van der Waals surface area contributed by atoms with Crippen LogP contribution in [0.15, 0.2) is 18.3 Å². The fraction of sp³-hybridized carbons (Fsp3) is 0.571. The highest BCUT2D eigenvalue weighted by Gasteiger charge is 2.38. The summed E-state index contributed by atoms with van der Waals surface area (Å²) in [5, 5.41) is 12.7. The third-order valence-corrected chi connectivity index (χ3v) is 4.18. The van der Waals surface area contributed by atoms with Crippen LogP contribution in [0.3, 0.4) is 0 Å². The molecule has 2 rings (SSSR count). The van der Waals surface area contributed by atoms with E-state index in [-0.39, 0.29) is 22.9 Å². The van der Waals surface area contributed by atoms with Crippen molar-refractivity contribution in [1.82, 2.24) is 10.3 Å². The van der Waals surface area contributed by atoms with Gasteiger partial charge in [-0.2, -0.15) is 0 Å². The van der Waals surface area contributed by atoms with Crippen LogP contribution >= 0.6 is 0 Å². The molecular formula is C14H21N3O2. The van der Waals surface area contributed by atoms with E-state index in [2.05, 4.69) is 17.2 Å². The second kappa shape index (κ2) is 5.57. The molecule has 0 saturated heterocycles. The fourth-order valence-electron chi connectivity index (χ4n) is 2.81. The molecule has 1 amide bonds. The van der Waals surface area contributed by atoms with E-state index in [1.807, 2.05) is 0 Å². The van der Waals surface area contributed by atoms with E-state index in [0.29, 0.717) is 12.5 Å². The van der Waals surface area contributed by atoms with E-state index in [1.54, 1.807) is 6.07 Å². The van der Waals surface area contributed by atoms with Crippen LogP contribution in [0.4, 0.5) is 0 Å². The minimum absolute atomic E-state index is 0.0631. The Bertz CT molecular complexity index is 464. The van der Waals surface area contributed by atoms with Crippen molar-refractivity contribution >= 4 is 5.91 Å². The van der Waals surface area contributed by atoms with Gasteiger partial charge in [-0.25, -0.2) is 4.98 Å². The smallest absolute Gasteiger partial charge is 0.274 e. The van der Waals surface area contributed by atoms with Crippen LogP contribution < -0.4 is 11.1 Å². The van der Waals surface area contributed by atoms with Gasteiger partial charge < -0.3 is 16.2 Å². The average Bonchev–Trinajstić information content (AvgIpc) is 2.42. The molecule has 0 spiro atoms. The molecule has 1 aliphatic rings. The lowest BCUT2D eigenvalue weighted by Gasteiger charge is -2.42. The Labute approximate surface area is 113 Å². The number of nitrogens with one attached hydrogen (secondary N) is 1. The number of carbonyl (C=O) groups is 1. The molecule has 1 heterocycles. The highest BCUT2D eigenvalue weighted by Crippen LogP contribution is 2.33. The molecule has 2 atom stereocenters. The topological polar surface area (TPSA) is 88.2 Å². The van der Waals surface area contributed by atoms with Crippen molar-refractivity contribution in [2.75, 3.05) is 6.54 Å². The summed E-state index contributed by atoms with van der Waals surface area (Å²) in [4.78, 5) is 16.2. The SMILES string of the molecule is CC1CCCCC1(CN)NC(=O)c1ncccc1O. The molecule has 0 aliphatic heterocycles. The highest BCUT2D eigenvalue weighted by molar-refractivity contribution is 5.95. The Balaban J connectivity index is 2.19. The van der Waals surface area contributed by atoms with Gasteiger partial charge in [0.1, 0.15) is 5.75 Å². The Morgan fingerprint density at radius 2 is 2.42 bits per heavy atom. The van der Waals surface area contributed by atoms with Gasteiger partial charge in [0.25, 0.3) is 5.91 Å². The Hall–Kier alpha value is -1.62. The van der Waals surface area contributed by atoms with Gasteiger partial charge in [0, 0.05) is 12.7 Å². The fourth-order valence-corrected chi connectivity index (χ4v) is 2.81. The Kier molecular flexibility index (Phi) is 4.04. The van der Waals surface area contributed by atoms with Gasteiger partial charge in [-0.15, -0.1) is 0 Å². The number of nitrogens with zero attached hydrogens (tertiary/aromatic N) is 1. The molecule has 4 N–H and O–H groups in total. The van der Waals surface area contributed by atoms with Crippen molar-refractivity contribution in [3.05, 3.63) is 24.0 Å². The van der Waals surface area contributed by atoms with Crippen LogP contribution in [0, 0.1) is 5.92 Å². The number of carbonyl (C=O) groups excluding carboxylic acids is 1. The van der Waals surface area contributed by atoms with Gasteiger partial charge in [0.05, 0.1) is 5.54 Å². The Morgan fingerprint density at radius 1 is 1.63 bits per heavy atom. The molecule has 5 nitrogen and oxygen atoms in total. The number of pyridine rings is 1. The molecule has 1 saturated carbocycles. The lowest BCUT2D eigenvalue weighted by molar-refractivity contribution is 0.0805. The minimum Gasteiger partial charge on any atom is -0.505 e. The zero-order valence-electron chi connectivity index (χ0n) is 11.2. The van der Waals surface area contributed by atoms with Gasteiger partial charge >= 0.3 is 0 Å². The molecular weight excluding hydrogens is 242 g/mol. The van der Waals surface area contributed by atoms with Crippen molar-refractivity contribution < 1.29 is 9.90 Å². The largest absolute Gasteiger partial charge is 0.505 e. The van der Waals surface area contributed by atoms with Gasteiger partial charge in [-0.05, 0) is 30.9 Å². The first-order valence-corrected chi connectivity index (χ1v) is 6.75. The first-order chi connectivity index (χ1) is 9.09. The summed E-state index contributed by atoms with van der Waals surface area (Å²) in [6.07, 6.45) is 5.67. The van der Waals surface area contributed by atoms with Gasteiger partial charge in [-0.1, -0.05) is 19.8 Å². The molecule has 1 aromatic rings. The van der Waals surface area contributed by atoms with E-state index in [0.717, 1.165) is 19.3 Å². The molecule has 104 valence electrons. The van der Waals surface area contributed by atoms with Crippen LogP contribution in [0.1, 0.15) is 43.1 Å². The molecule has 1 aromatic heterocycles. The van der Waals surface area contributed by atoms with E-state index in [4.69, 9.17) is 5.73 Å². The molecule has 19 heavy (non-hydrogen) atoms. The van der Waals surface area contributed by atoms with Crippen LogP contribution in [-0.4, -0.2) is 28.1 Å². The standard InChI is InChI=1S/C14H21N3O2/c1-10-5-2-3-7-14(10,9-15)17-13(19)12-11(18)6-4-8-16-12/h4,6,8,10,18H,2-3,5,7,9,15H2,1H3,(H,17,19). The quantitative estimate of drug-likeness (QED) is 0.769.